The van der Waals surface area contributed by atoms with E-state index in [-0.39, 0.29) is 11.1 Å². The third-order valence-electron chi connectivity index (χ3n) is 2.44. The molecule has 5 nitrogen and oxygen atoms in total. The Labute approximate surface area is 102 Å². The van der Waals surface area contributed by atoms with Crippen molar-refractivity contribution in [3.8, 4) is 11.3 Å². The van der Waals surface area contributed by atoms with Crippen LogP contribution in [0.15, 0.2) is 42.6 Å². The average Bonchev–Trinajstić information content (AvgIpc) is 2.39. The quantitative estimate of drug-likeness (QED) is 0.862. The number of rotatable bonds is 3. The summed E-state index contributed by atoms with van der Waals surface area (Å²) in [6.45, 7) is 0. The predicted octanol–water partition coefficient (Wildman–Crippen LogP) is 2.15. The van der Waals surface area contributed by atoms with Crippen LogP contribution in [0.5, 0.6) is 0 Å². The Morgan fingerprint density at radius 2 is 1.39 bits per heavy atom. The van der Waals surface area contributed by atoms with Crippen LogP contribution in [0, 0.1) is 0 Å². The van der Waals surface area contributed by atoms with Gasteiger partial charge in [0.25, 0.3) is 0 Å². The van der Waals surface area contributed by atoms with Crippen LogP contribution >= 0.6 is 0 Å². The first-order valence-corrected chi connectivity index (χ1v) is 5.11. The van der Waals surface area contributed by atoms with Crippen molar-refractivity contribution < 1.29 is 19.8 Å². The Morgan fingerprint density at radius 1 is 0.833 bits per heavy atom. The van der Waals surface area contributed by atoms with Crippen LogP contribution in [0.2, 0.25) is 0 Å². The summed E-state index contributed by atoms with van der Waals surface area (Å²) < 4.78 is 0. The maximum atomic E-state index is 10.7. The highest BCUT2D eigenvalue weighted by atomic mass is 16.4. The van der Waals surface area contributed by atoms with Gasteiger partial charge < -0.3 is 10.2 Å². The first kappa shape index (κ1) is 11.8. The van der Waals surface area contributed by atoms with Crippen LogP contribution in [-0.4, -0.2) is 27.1 Å². The van der Waals surface area contributed by atoms with Gasteiger partial charge in [0.05, 0.1) is 16.8 Å². The van der Waals surface area contributed by atoms with Gasteiger partial charge in [0.2, 0.25) is 0 Å². The van der Waals surface area contributed by atoms with E-state index in [2.05, 4.69) is 4.98 Å². The summed E-state index contributed by atoms with van der Waals surface area (Å²) in [7, 11) is 0. The molecule has 0 bridgehead atoms. The number of hydrogen-bond donors (Lipinski definition) is 2. The fourth-order valence-electron chi connectivity index (χ4n) is 1.47. The van der Waals surface area contributed by atoms with Gasteiger partial charge in [-0.3, -0.25) is 4.98 Å². The number of carboxylic acids is 2. The van der Waals surface area contributed by atoms with E-state index in [4.69, 9.17) is 10.2 Å². The second-order valence-electron chi connectivity index (χ2n) is 3.62. The van der Waals surface area contributed by atoms with Gasteiger partial charge in [0.1, 0.15) is 0 Å². The van der Waals surface area contributed by atoms with E-state index >= 15 is 0 Å². The molecular weight excluding hydrogens is 234 g/mol. The smallest absolute Gasteiger partial charge is 0.337 e. The second-order valence-corrected chi connectivity index (χ2v) is 3.62. The second kappa shape index (κ2) is 4.67. The molecule has 5 heteroatoms. The fraction of sp³-hybridized carbons (Fsp3) is 0. The molecule has 0 saturated heterocycles. The van der Waals surface area contributed by atoms with E-state index in [0.717, 1.165) is 5.56 Å². The number of hydrogen-bond acceptors (Lipinski definition) is 3. The lowest BCUT2D eigenvalue weighted by Gasteiger charge is -2.02. The van der Waals surface area contributed by atoms with Crippen molar-refractivity contribution in [2.45, 2.75) is 0 Å². The highest BCUT2D eigenvalue weighted by Gasteiger charge is 2.06. The SMILES string of the molecule is O=C(O)c1ccc(-c2ccc(C(=O)O)cn2)cc1. The van der Waals surface area contributed by atoms with Crippen molar-refractivity contribution in [2.24, 2.45) is 0 Å². The number of aromatic nitrogens is 1. The minimum atomic E-state index is -1.03. The van der Waals surface area contributed by atoms with E-state index in [0.29, 0.717) is 5.69 Å². The van der Waals surface area contributed by atoms with Crippen molar-refractivity contribution in [3.63, 3.8) is 0 Å². The van der Waals surface area contributed by atoms with E-state index in [9.17, 15) is 9.59 Å². The van der Waals surface area contributed by atoms with Crippen LogP contribution in [0.3, 0.4) is 0 Å². The molecule has 1 aromatic carbocycles. The molecule has 0 unspecified atom stereocenters. The molecule has 0 aliphatic carbocycles. The van der Waals surface area contributed by atoms with Gasteiger partial charge in [-0.05, 0) is 24.3 Å². The molecule has 0 aliphatic rings. The highest BCUT2D eigenvalue weighted by Crippen LogP contribution is 2.17. The van der Waals surface area contributed by atoms with Gasteiger partial charge in [-0.15, -0.1) is 0 Å². The number of aromatic carboxylic acids is 2. The molecule has 0 saturated carbocycles. The molecule has 0 spiro atoms. The zero-order valence-corrected chi connectivity index (χ0v) is 9.20. The number of carbonyl (C=O) groups is 2. The fourth-order valence-corrected chi connectivity index (χ4v) is 1.47. The maximum Gasteiger partial charge on any atom is 0.337 e. The van der Waals surface area contributed by atoms with Crippen LogP contribution in [0.1, 0.15) is 20.7 Å². The van der Waals surface area contributed by atoms with E-state index in [1.54, 1.807) is 18.2 Å². The third kappa shape index (κ3) is 2.35. The molecule has 0 amide bonds. The summed E-state index contributed by atoms with van der Waals surface area (Å²) >= 11 is 0. The van der Waals surface area contributed by atoms with Gasteiger partial charge >= 0.3 is 11.9 Å². The molecule has 2 aromatic rings. The van der Waals surface area contributed by atoms with Crippen molar-refractivity contribution in [3.05, 3.63) is 53.7 Å². The topological polar surface area (TPSA) is 87.5 Å². The van der Waals surface area contributed by atoms with Crippen molar-refractivity contribution in [1.82, 2.24) is 4.98 Å². The first-order chi connectivity index (χ1) is 8.58. The maximum absolute atomic E-state index is 10.7. The number of benzene rings is 1. The summed E-state index contributed by atoms with van der Waals surface area (Å²) in [5, 5.41) is 17.5. The minimum absolute atomic E-state index is 0.112. The van der Waals surface area contributed by atoms with Crippen LogP contribution in [0.4, 0.5) is 0 Å². The molecule has 0 atom stereocenters. The summed E-state index contributed by atoms with van der Waals surface area (Å²) in [4.78, 5) is 25.4. The third-order valence-corrected chi connectivity index (χ3v) is 2.44. The molecule has 2 N–H and O–H groups in total. The van der Waals surface area contributed by atoms with Crippen LogP contribution < -0.4 is 0 Å². The standard InChI is InChI=1S/C13H9NO4/c15-12(16)9-3-1-8(2-4-9)11-6-5-10(7-14-11)13(17)18/h1-7H,(H,15,16)(H,17,18). The van der Waals surface area contributed by atoms with Crippen molar-refractivity contribution in [1.29, 1.82) is 0 Å². The molecule has 2 rings (SSSR count). The molecular formula is C13H9NO4. The number of pyridine rings is 1. The highest BCUT2D eigenvalue weighted by molar-refractivity contribution is 5.89. The summed E-state index contributed by atoms with van der Waals surface area (Å²) in [6, 6.07) is 9.25. The Hall–Kier alpha value is -2.69. The number of carboxylic acid groups (broad SMARTS) is 2. The zero-order valence-electron chi connectivity index (χ0n) is 9.20. The van der Waals surface area contributed by atoms with Gasteiger partial charge in [-0.1, -0.05) is 12.1 Å². The predicted molar refractivity (Wildman–Crippen MR) is 63.6 cm³/mol. The Kier molecular flexibility index (Phi) is 3.05. The van der Waals surface area contributed by atoms with Crippen molar-refractivity contribution >= 4 is 11.9 Å². The molecule has 1 heterocycles. The Morgan fingerprint density at radius 3 is 1.83 bits per heavy atom. The molecule has 0 fully saturated rings. The normalized spacial score (nSPS) is 10.0. The van der Waals surface area contributed by atoms with Gasteiger partial charge in [0.15, 0.2) is 0 Å². The summed E-state index contributed by atoms with van der Waals surface area (Å²) in [6.07, 6.45) is 1.27. The van der Waals surface area contributed by atoms with Crippen LogP contribution in [0.25, 0.3) is 11.3 Å². The van der Waals surface area contributed by atoms with Gasteiger partial charge in [-0.2, -0.15) is 0 Å². The monoisotopic (exact) mass is 243 g/mol. The van der Waals surface area contributed by atoms with Crippen LogP contribution in [-0.2, 0) is 0 Å². The molecule has 1 aromatic heterocycles. The lowest BCUT2D eigenvalue weighted by molar-refractivity contribution is 0.0685. The average molecular weight is 243 g/mol. The van der Waals surface area contributed by atoms with E-state index < -0.39 is 11.9 Å². The molecule has 90 valence electrons. The Bertz CT molecular complexity index is 532. The van der Waals surface area contributed by atoms with E-state index in [1.165, 1.54) is 24.4 Å². The lowest BCUT2D eigenvalue weighted by atomic mass is 10.1. The molecule has 18 heavy (non-hydrogen) atoms. The number of nitrogens with zero attached hydrogens (tertiary/aromatic N) is 1. The lowest BCUT2D eigenvalue weighted by Crippen LogP contribution is -1.98. The zero-order chi connectivity index (χ0) is 13.1. The van der Waals surface area contributed by atoms with Crippen molar-refractivity contribution in [2.75, 3.05) is 0 Å². The minimum Gasteiger partial charge on any atom is -0.478 e. The van der Waals surface area contributed by atoms with Gasteiger partial charge in [0, 0.05) is 11.8 Å². The summed E-state index contributed by atoms with van der Waals surface area (Å²) in [5.74, 6) is -2.02. The molecule has 0 aliphatic heterocycles. The van der Waals surface area contributed by atoms with Gasteiger partial charge in [-0.25, -0.2) is 9.59 Å². The Balaban J connectivity index is 2.31. The van der Waals surface area contributed by atoms with E-state index in [1.807, 2.05) is 0 Å². The first-order valence-electron chi connectivity index (χ1n) is 5.11. The molecule has 0 radical (unpaired) electrons. The summed E-state index contributed by atoms with van der Waals surface area (Å²) in [5.41, 5.74) is 1.63. The largest absolute Gasteiger partial charge is 0.478 e.